The zero-order chi connectivity index (χ0) is 19.7. The van der Waals surface area contributed by atoms with Gasteiger partial charge in [0.25, 0.3) is 0 Å². The number of hydrogen-bond donors (Lipinski definition) is 0. The van der Waals surface area contributed by atoms with Crippen molar-refractivity contribution in [2.75, 3.05) is 0 Å². The van der Waals surface area contributed by atoms with Crippen molar-refractivity contribution in [3.8, 4) is 0 Å². The molecule has 0 aliphatic rings. The molecule has 0 aromatic heterocycles. The molecule has 0 saturated heterocycles. The number of aryl methyl sites for hydroxylation is 1. The molecule has 0 atom stereocenters. The van der Waals surface area contributed by atoms with E-state index in [0.717, 1.165) is 0 Å². The third-order valence-electron chi connectivity index (χ3n) is 5.79. The third kappa shape index (κ3) is 10.1. The lowest BCUT2D eigenvalue weighted by atomic mass is 10.0. The average Bonchev–Trinajstić information content (AvgIpc) is 2.73. The zero-order valence-corrected chi connectivity index (χ0v) is 18.3. The Morgan fingerprint density at radius 2 is 1.14 bits per heavy atom. The highest BCUT2D eigenvalue weighted by Gasteiger charge is 1.97. The van der Waals surface area contributed by atoms with E-state index in [9.17, 15) is 0 Å². The van der Waals surface area contributed by atoms with Crippen LogP contribution in [0.4, 0.5) is 0 Å². The van der Waals surface area contributed by atoms with Crippen LogP contribution in [0.25, 0.3) is 10.8 Å². The van der Waals surface area contributed by atoms with Crippen molar-refractivity contribution >= 4 is 10.8 Å². The van der Waals surface area contributed by atoms with Gasteiger partial charge in [-0.25, -0.2) is 0 Å². The molecule has 0 nitrogen and oxygen atoms in total. The standard InChI is InChI=1S/C28H42/c1-2-3-4-5-6-7-8-9-10-11-12-13-14-15-16-17-20-26-23-24-27-21-18-19-22-28(27)25-26/h7-8,18-19,21-25H,2-6,9-17,20H2,1H3/b8-7+. The Morgan fingerprint density at radius 1 is 0.571 bits per heavy atom. The Bertz CT molecular complexity index is 652. The maximum atomic E-state index is 2.42. The van der Waals surface area contributed by atoms with Gasteiger partial charge in [0.2, 0.25) is 0 Å². The molecule has 0 radical (unpaired) electrons. The molecule has 0 heterocycles. The number of allylic oxidation sites excluding steroid dienone is 2. The van der Waals surface area contributed by atoms with Gasteiger partial charge in [-0.1, -0.05) is 119 Å². The molecule has 0 bridgehead atoms. The van der Waals surface area contributed by atoms with Crippen molar-refractivity contribution in [2.24, 2.45) is 0 Å². The van der Waals surface area contributed by atoms with Crippen LogP contribution >= 0.6 is 0 Å². The van der Waals surface area contributed by atoms with Gasteiger partial charge in [-0.05, 0) is 54.9 Å². The molecule has 0 N–H and O–H groups in total. The minimum atomic E-state index is 1.23. The van der Waals surface area contributed by atoms with Gasteiger partial charge in [0.15, 0.2) is 0 Å². The highest BCUT2D eigenvalue weighted by atomic mass is 14.0. The van der Waals surface area contributed by atoms with E-state index in [-0.39, 0.29) is 0 Å². The van der Waals surface area contributed by atoms with Crippen molar-refractivity contribution in [3.63, 3.8) is 0 Å². The highest BCUT2D eigenvalue weighted by molar-refractivity contribution is 5.82. The van der Waals surface area contributed by atoms with Crippen LogP contribution in [0, 0.1) is 0 Å². The fourth-order valence-corrected chi connectivity index (χ4v) is 3.97. The summed E-state index contributed by atoms with van der Waals surface area (Å²) in [7, 11) is 0. The summed E-state index contributed by atoms with van der Waals surface area (Å²) in [4.78, 5) is 0. The number of hydrogen-bond acceptors (Lipinski definition) is 0. The fourth-order valence-electron chi connectivity index (χ4n) is 3.97. The molecule has 28 heavy (non-hydrogen) atoms. The minimum absolute atomic E-state index is 1.23. The van der Waals surface area contributed by atoms with E-state index < -0.39 is 0 Å². The maximum absolute atomic E-state index is 2.42. The maximum Gasteiger partial charge on any atom is -0.0181 e. The molecule has 0 spiro atoms. The lowest BCUT2D eigenvalue weighted by molar-refractivity contribution is 0.569. The second kappa shape index (κ2) is 15.4. The van der Waals surface area contributed by atoms with Crippen molar-refractivity contribution in [1.29, 1.82) is 0 Å². The molecule has 0 saturated carbocycles. The van der Waals surface area contributed by atoms with Gasteiger partial charge in [0.1, 0.15) is 0 Å². The van der Waals surface area contributed by atoms with Crippen LogP contribution in [0.1, 0.15) is 102 Å². The molecule has 0 amide bonds. The first-order chi connectivity index (χ1) is 13.9. The summed E-state index contributed by atoms with van der Waals surface area (Å²) in [5, 5.41) is 2.74. The average molecular weight is 379 g/mol. The van der Waals surface area contributed by atoms with Crippen molar-refractivity contribution in [1.82, 2.24) is 0 Å². The van der Waals surface area contributed by atoms with E-state index in [1.54, 1.807) is 0 Å². The van der Waals surface area contributed by atoms with Gasteiger partial charge in [-0.15, -0.1) is 0 Å². The van der Waals surface area contributed by atoms with Crippen molar-refractivity contribution < 1.29 is 0 Å². The summed E-state index contributed by atoms with van der Waals surface area (Å²) in [6, 6.07) is 15.6. The molecule has 0 unspecified atom stereocenters. The van der Waals surface area contributed by atoms with E-state index >= 15 is 0 Å². The molecule has 0 heteroatoms. The smallest absolute Gasteiger partial charge is 0.0181 e. The van der Waals surface area contributed by atoms with E-state index in [1.165, 1.54) is 113 Å². The molecular weight excluding hydrogens is 336 g/mol. The number of rotatable bonds is 16. The van der Waals surface area contributed by atoms with Gasteiger partial charge < -0.3 is 0 Å². The van der Waals surface area contributed by atoms with Gasteiger partial charge in [-0.3, -0.25) is 0 Å². The Hall–Kier alpha value is -1.56. The van der Waals surface area contributed by atoms with E-state index in [1.807, 2.05) is 0 Å². The van der Waals surface area contributed by atoms with Crippen LogP contribution in [0.5, 0.6) is 0 Å². The fraction of sp³-hybridized carbons (Fsp3) is 0.571. The van der Waals surface area contributed by atoms with Gasteiger partial charge in [-0.2, -0.15) is 0 Å². The minimum Gasteiger partial charge on any atom is -0.0885 e. The SMILES string of the molecule is CCCCCC/C=C/CCCCCCCCCCc1ccc2ccccc2c1. The molecule has 2 aromatic rings. The summed E-state index contributed by atoms with van der Waals surface area (Å²) in [5.74, 6) is 0. The monoisotopic (exact) mass is 378 g/mol. The number of benzene rings is 2. The van der Waals surface area contributed by atoms with E-state index in [2.05, 4.69) is 61.5 Å². The lowest BCUT2D eigenvalue weighted by Gasteiger charge is -2.05. The molecule has 0 aliphatic heterocycles. The first-order valence-corrected chi connectivity index (χ1v) is 12.0. The quantitative estimate of drug-likeness (QED) is 0.201. The summed E-state index contributed by atoms with van der Waals surface area (Å²) < 4.78 is 0. The van der Waals surface area contributed by atoms with Crippen LogP contribution < -0.4 is 0 Å². The predicted molar refractivity (Wildman–Crippen MR) is 127 cm³/mol. The van der Waals surface area contributed by atoms with Crippen molar-refractivity contribution in [2.45, 2.75) is 103 Å². The van der Waals surface area contributed by atoms with Gasteiger partial charge in [0, 0.05) is 0 Å². The largest absolute Gasteiger partial charge is 0.0885 e. The highest BCUT2D eigenvalue weighted by Crippen LogP contribution is 2.18. The second-order valence-corrected chi connectivity index (χ2v) is 8.37. The summed E-state index contributed by atoms with van der Waals surface area (Å²) >= 11 is 0. The van der Waals surface area contributed by atoms with Crippen LogP contribution in [-0.4, -0.2) is 0 Å². The van der Waals surface area contributed by atoms with Gasteiger partial charge in [0.05, 0.1) is 0 Å². The molecule has 0 fully saturated rings. The summed E-state index contributed by atoms with van der Waals surface area (Å²) in [6.07, 6.45) is 25.4. The molecule has 154 valence electrons. The molecular formula is C28H42. The first kappa shape index (κ1) is 22.7. The topological polar surface area (TPSA) is 0 Å². The van der Waals surface area contributed by atoms with Crippen molar-refractivity contribution in [3.05, 3.63) is 60.2 Å². The predicted octanol–water partition coefficient (Wildman–Crippen LogP) is 9.42. The third-order valence-corrected chi connectivity index (χ3v) is 5.79. The Morgan fingerprint density at radius 3 is 1.82 bits per heavy atom. The second-order valence-electron chi connectivity index (χ2n) is 8.37. The normalized spacial score (nSPS) is 11.6. The van der Waals surface area contributed by atoms with E-state index in [0.29, 0.717) is 0 Å². The van der Waals surface area contributed by atoms with E-state index in [4.69, 9.17) is 0 Å². The zero-order valence-electron chi connectivity index (χ0n) is 18.3. The molecule has 2 aromatic carbocycles. The number of unbranched alkanes of at least 4 members (excludes halogenated alkanes) is 12. The first-order valence-electron chi connectivity index (χ1n) is 12.0. The Labute approximate surface area is 174 Å². The number of fused-ring (bicyclic) bond motifs is 1. The molecule has 0 aliphatic carbocycles. The van der Waals surface area contributed by atoms with Crippen LogP contribution in [-0.2, 0) is 6.42 Å². The van der Waals surface area contributed by atoms with Crippen LogP contribution in [0.15, 0.2) is 54.6 Å². The Kier molecular flexibility index (Phi) is 12.5. The van der Waals surface area contributed by atoms with Gasteiger partial charge >= 0.3 is 0 Å². The summed E-state index contributed by atoms with van der Waals surface area (Å²) in [6.45, 7) is 2.28. The van der Waals surface area contributed by atoms with Crippen LogP contribution in [0.3, 0.4) is 0 Å². The summed E-state index contributed by atoms with van der Waals surface area (Å²) in [5.41, 5.74) is 1.50. The molecule has 2 rings (SSSR count). The lowest BCUT2D eigenvalue weighted by Crippen LogP contribution is -1.87. The van der Waals surface area contributed by atoms with Crippen LogP contribution in [0.2, 0.25) is 0 Å². The Balaban J connectivity index is 1.38.